The van der Waals surface area contributed by atoms with Crippen LogP contribution in [0.4, 0.5) is 13.2 Å². The maximum Gasteiger partial charge on any atom is 0.401 e. The van der Waals surface area contributed by atoms with Crippen LogP contribution in [0.1, 0.15) is 18.2 Å². The van der Waals surface area contributed by atoms with Crippen molar-refractivity contribution in [2.24, 2.45) is 10.9 Å². The van der Waals surface area contributed by atoms with Crippen LogP contribution in [0.15, 0.2) is 22.5 Å². The predicted molar refractivity (Wildman–Crippen MR) is 130 cm³/mol. The first-order valence-corrected chi connectivity index (χ1v) is 11.1. The Morgan fingerprint density at radius 3 is 2.71 bits per heavy atom. The summed E-state index contributed by atoms with van der Waals surface area (Å²) in [5, 5.41) is 5.37. The molecule has 2 rings (SSSR count). The molecule has 178 valence electrons. The van der Waals surface area contributed by atoms with Gasteiger partial charge in [0.1, 0.15) is 6.54 Å². The van der Waals surface area contributed by atoms with Gasteiger partial charge in [0, 0.05) is 45.2 Å². The van der Waals surface area contributed by atoms with Gasteiger partial charge in [0.2, 0.25) is 5.91 Å². The summed E-state index contributed by atoms with van der Waals surface area (Å²) in [6.07, 6.45) is -2.52. The van der Waals surface area contributed by atoms with Crippen molar-refractivity contribution < 1.29 is 18.0 Å². The Balaban J connectivity index is 0.00000480. The summed E-state index contributed by atoms with van der Waals surface area (Å²) >= 11 is 1.69. The fourth-order valence-electron chi connectivity index (χ4n) is 3.40. The molecule has 1 aromatic heterocycles. The van der Waals surface area contributed by atoms with Gasteiger partial charge in [-0.25, -0.2) is 4.99 Å². The molecule has 0 spiro atoms. The van der Waals surface area contributed by atoms with Crippen LogP contribution in [0.25, 0.3) is 0 Å². The number of carbonyl (C=O) groups excluding carboxylic acids is 1. The van der Waals surface area contributed by atoms with Gasteiger partial charge in [-0.2, -0.15) is 13.2 Å². The van der Waals surface area contributed by atoms with Crippen LogP contribution in [0.2, 0.25) is 0 Å². The molecule has 1 fully saturated rings. The third-order valence-electron chi connectivity index (χ3n) is 5.05. The lowest BCUT2D eigenvalue weighted by Gasteiger charge is -2.26. The van der Waals surface area contributed by atoms with Gasteiger partial charge in [-0.15, -0.1) is 35.3 Å². The highest BCUT2D eigenvalue weighted by Crippen LogP contribution is 2.21. The number of carbonyl (C=O) groups is 1. The van der Waals surface area contributed by atoms with Crippen molar-refractivity contribution >= 4 is 47.2 Å². The van der Waals surface area contributed by atoms with E-state index in [4.69, 9.17) is 0 Å². The summed E-state index contributed by atoms with van der Waals surface area (Å²) in [5.74, 6) is 0.704. The Kier molecular flexibility index (Phi) is 12.1. The van der Waals surface area contributed by atoms with Crippen LogP contribution >= 0.6 is 35.3 Å². The second-order valence-electron chi connectivity index (χ2n) is 7.73. The molecule has 1 saturated heterocycles. The van der Waals surface area contributed by atoms with Gasteiger partial charge >= 0.3 is 6.18 Å². The molecule has 0 saturated carbocycles. The molecule has 1 unspecified atom stereocenters. The number of rotatable bonds is 9. The number of aliphatic imine (C=N–C) groups is 1. The summed E-state index contributed by atoms with van der Waals surface area (Å²) in [6.45, 7) is 3.74. The van der Waals surface area contributed by atoms with Crippen LogP contribution in [0.3, 0.4) is 0 Å². The molecule has 2 heterocycles. The van der Waals surface area contributed by atoms with E-state index in [2.05, 4.69) is 21.3 Å². The lowest BCUT2D eigenvalue weighted by Crippen LogP contribution is -2.43. The SMILES string of the molecule is CCN(CC1CCN(C(=NCC(=O)N(C)C)NCCc2cccs2)C1)CC(F)(F)F.I. The molecular formula is C20H33F3IN5OS. The Hall–Kier alpha value is -1.08. The zero-order chi connectivity index (χ0) is 22.1. The molecule has 1 aliphatic heterocycles. The number of halogens is 4. The fourth-order valence-corrected chi connectivity index (χ4v) is 4.11. The van der Waals surface area contributed by atoms with Gasteiger partial charge in [-0.05, 0) is 36.8 Å². The van der Waals surface area contributed by atoms with Crippen LogP contribution in [-0.4, -0.2) is 92.7 Å². The molecule has 0 radical (unpaired) electrons. The molecule has 1 amide bonds. The minimum absolute atomic E-state index is 0. The molecular weight excluding hydrogens is 542 g/mol. The van der Waals surface area contributed by atoms with Gasteiger partial charge in [0.05, 0.1) is 6.54 Å². The molecule has 0 aliphatic carbocycles. The zero-order valence-corrected chi connectivity index (χ0v) is 21.5. The quantitative estimate of drug-likeness (QED) is 0.280. The van der Waals surface area contributed by atoms with Crippen molar-refractivity contribution in [3.63, 3.8) is 0 Å². The maximum atomic E-state index is 12.8. The number of alkyl halides is 3. The van der Waals surface area contributed by atoms with Crippen molar-refractivity contribution in [1.82, 2.24) is 20.0 Å². The number of nitrogens with zero attached hydrogens (tertiary/aromatic N) is 4. The number of amides is 1. The van der Waals surface area contributed by atoms with Crippen LogP contribution in [0, 0.1) is 5.92 Å². The van der Waals surface area contributed by atoms with Gasteiger partial charge in [0.15, 0.2) is 5.96 Å². The molecule has 0 aromatic carbocycles. The topological polar surface area (TPSA) is 51.2 Å². The number of thiophene rings is 1. The normalized spacial score (nSPS) is 17.1. The summed E-state index contributed by atoms with van der Waals surface area (Å²) in [4.78, 5) is 22.7. The molecule has 1 aromatic rings. The summed E-state index contributed by atoms with van der Waals surface area (Å²) in [5.41, 5.74) is 0. The average Bonchev–Trinajstić information content (AvgIpc) is 3.34. The van der Waals surface area contributed by atoms with Gasteiger partial charge in [0.25, 0.3) is 0 Å². The Labute approximate surface area is 203 Å². The number of nitrogens with one attached hydrogen (secondary N) is 1. The lowest BCUT2D eigenvalue weighted by molar-refractivity contribution is -0.146. The highest BCUT2D eigenvalue weighted by atomic mass is 127. The third kappa shape index (κ3) is 10.4. The van der Waals surface area contributed by atoms with E-state index >= 15 is 0 Å². The lowest BCUT2D eigenvalue weighted by atomic mass is 10.1. The third-order valence-corrected chi connectivity index (χ3v) is 5.99. The molecule has 11 heteroatoms. The second kappa shape index (κ2) is 13.5. The van der Waals surface area contributed by atoms with Crippen molar-refractivity contribution in [3.05, 3.63) is 22.4 Å². The van der Waals surface area contributed by atoms with E-state index in [1.54, 1.807) is 32.4 Å². The van der Waals surface area contributed by atoms with Crippen molar-refractivity contribution in [2.45, 2.75) is 25.9 Å². The standard InChI is InChI=1S/C20H32F3N5OS.HI/c1-4-27(15-20(21,22)23)13-16-8-10-28(14-16)19(25-12-18(29)26(2)3)24-9-7-17-6-5-11-30-17;/h5-6,11,16H,4,7-10,12-15H2,1-3H3,(H,24,25);1H. The van der Waals surface area contributed by atoms with Gasteiger partial charge in [-0.3, -0.25) is 9.69 Å². The number of likely N-dealkylation sites (N-methyl/N-ethyl adjacent to an activating group) is 1. The number of guanidine groups is 1. The van der Waals surface area contributed by atoms with Crippen LogP contribution < -0.4 is 5.32 Å². The molecule has 6 nitrogen and oxygen atoms in total. The first-order valence-electron chi connectivity index (χ1n) is 10.2. The van der Waals surface area contributed by atoms with E-state index in [1.807, 2.05) is 11.4 Å². The highest BCUT2D eigenvalue weighted by molar-refractivity contribution is 14.0. The fraction of sp³-hybridized carbons (Fsp3) is 0.700. The van der Waals surface area contributed by atoms with E-state index < -0.39 is 12.7 Å². The van der Waals surface area contributed by atoms with Gasteiger partial charge < -0.3 is 15.1 Å². The predicted octanol–water partition coefficient (Wildman–Crippen LogP) is 3.15. The summed E-state index contributed by atoms with van der Waals surface area (Å²) in [7, 11) is 3.38. The minimum atomic E-state index is -4.18. The monoisotopic (exact) mass is 575 g/mol. The summed E-state index contributed by atoms with van der Waals surface area (Å²) < 4.78 is 38.3. The molecule has 0 bridgehead atoms. The molecule has 1 N–H and O–H groups in total. The van der Waals surface area contributed by atoms with Gasteiger partial charge in [-0.1, -0.05) is 13.0 Å². The first kappa shape index (κ1) is 28.0. The number of hydrogen-bond donors (Lipinski definition) is 1. The van der Waals surface area contributed by atoms with E-state index in [1.165, 1.54) is 14.7 Å². The number of likely N-dealkylation sites (tertiary alicyclic amines) is 1. The summed E-state index contributed by atoms with van der Waals surface area (Å²) in [6, 6.07) is 4.08. The van der Waals surface area contributed by atoms with Crippen LogP contribution in [0.5, 0.6) is 0 Å². The smallest absolute Gasteiger partial charge is 0.356 e. The van der Waals surface area contributed by atoms with E-state index in [0.29, 0.717) is 32.1 Å². The Bertz CT molecular complexity index is 685. The Morgan fingerprint density at radius 2 is 2.13 bits per heavy atom. The number of hydrogen-bond acceptors (Lipinski definition) is 4. The van der Waals surface area contributed by atoms with Crippen LogP contribution in [-0.2, 0) is 11.2 Å². The van der Waals surface area contributed by atoms with Crippen molar-refractivity contribution in [3.8, 4) is 0 Å². The molecule has 1 aliphatic rings. The Morgan fingerprint density at radius 1 is 1.39 bits per heavy atom. The molecule has 1 atom stereocenters. The average molecular weight is 575 g/mol. The second-order valence-corrected chi connectivity index (χ2v) is 8.76. The van der Waals surface area contributed by atoms with Crippen molar-refractivity contribution in [1.29, 1.82) is 0 Å². The van der Waals surface area contributed by atoms with E-state index in [9.17, 15) is 18.0 Å². The highest BCUT2D eigenvalue weighted by Gasteiger charge is 2.33. The zero-order valence-electron chi connectivity index (χ0n) is 18.3. The van der Waals surface area contributed by atoms with Crippen molar-refractivity contribution in [2.75, 3.05) is 59.9 Å². The molecule has 31 heavy (non-hydrogen) atoms. The van der Waals surface area contributed by atoms with E-state index in [-0.39, 0.29) is 42.3 Å². The largest absolute Gasteiger partial charge is 0.401 e. The maximum absolute atomic E-state index is 12.8. The first-order chi connectivity index (χ1) is 14.2. The minimum Gasteiger partial charge on any atom is -0.356 e. The van der Waals surface area contributed by atoms with E-state index in [0.717, 1.165) is 19.4 Å².